The largest absolute Gasteiger partial charge is 0.493 e. The highest BCUT2D eigenvalue weighted by Crippen LogP contribution is 2.39. The van der Waals surface area contributed by atoms with E-state index in [1.54, 1.807) is 6.92 Å². The van der Waals surface area contributed by atoms with Gasteiger partial charge in [-0.15, -0.1) is 0 Å². The Labute approximate surface area is 213 Å². The zero-order chi connectivity index (χ0) is 26.4. The van der Waals surface area contributed by atoms with Gasteiger partial charge in [0.25, 0.3) is 11.1 Å². The summed E-state index contributed by atoms with van der Waals surface area (Å²) in [5, 5.41) is 1.55. The number of ether oxygens (including phenoxy) is 3. The van der Waals surface area contributed by atoms with Crippen LogP contribution in [0.15, 0.2) is 35.2 Å². The van der Waals surface area contributed by atoms with Crippen LogP contribution in [-0.2, 0) is 19.1 Å². The van der Waals surface area contributed by atoms with Crippen molar-refractivity contribution in [1.29, 1.82) is 0 Å². The number of halogens is 3. The zero-order valence-corrected chi connectivity index (χ0v) is 20.5. The molecule has 1 heterocycles. The lowest BCUT2D eigenvalue weighted by atomic mass is 10.1. The summed E-state index contributed by atoms with van der Waals surface area (Å²) < 4.78 is 42.2. The van der Waals surface area contributed by atoms with E-state index in [9.17, 15) is 28.0 Å². The first-order valence-electron chi connectivity index (χ1n) is 10.3. The van der Waals surface area contributed by atoms with E-state index < -0.39 is 47.8 Å². The van der Waals surface area contributed by atoms with Crippen LogP contribution < -0.4 is 14.8 Å². The maximum atomic E-state index is 13.8. The van der Waals surface area contributed by atoms with Gasteiger partial charge in [0.15, 0.2) is 18.1 Å². The van der Waals surface area contributed by atoms with Gasteiger partial charge in [-0.25, -0.2) is 13.6 Å². The molecule has 1 aliphatic heterocycles. The molecule has 1 saturated heterocycles. The maximum Gasteiger partial charge on any atom is 0.344 e. The fourth-order valence-electron chi connectivity index (χ4n) is 3.01. The smallest absolute Gasteiger partial charge is 0.344 e. The third-order valence-corrected chi connectivity index (χ3v) is 5.76. The topological polar surface area (TPSA) is 111 Å². The van der Waals surface area contributed by atoms with Crippen molar-refractivity contribution >= 4 is 58.1 Å². The van der Waals surface area contributed by atoms with Gasteiger partial charge in [-0.1, -0.05) is 11.6 Å². The van der Waals surface area contributed by atoms with Crippen molar-refractivity contribution in [1.82, 2.24) is 4.90 Å². The van der Waals surface area contributed by atoms with E-state index in [1.165, 1.54) is 25.3 Å². The lowest BCUT2D eigenvalue weighted by Crippen LogP contribution is -2.36. The number of carbonyl (C=O) groups excluding carboxylic acids is 4. The number of hydrogen-bond acceptors (Lipinski definition) is 8. The van der Waals surface area contributed by atoms with Crippen molar-refractivity contribution in [3.05, 3.63) is 57.5 Å². The Morgan fingerprint density at radius 2 is 1.94 bits per heavy atom. The van der Waals surface area contributed by atoms with Crippen LogP contribution in [-0.4, -0.2) is 54.8 Å². The molecule has 0 aliphatic carbocycles. The van der Waals surface area contributed by atoms with Gasteiger partial charge in [-0.3, -0.25) is 19.3 Å². The number of anilines is 1. The Kier molecular flexibility index (Phi) is 8.88. The Hall–Kier alpha value is -3.64. The predicted octanol–water partition coefficient (Wildman–Crippen LogP) is 4.24. The fraction of sp³-hybridized carbons (Fsp3) is 0.217. The van der Waals surface area contributed by atoms with Gasteiger partial charge in [0.2, 0.25) is 5.91 Å². The minimum atomic E-state index is -1.00. The first kappa shape index (κ1) is 27.0. The summed E-state index contributed by atoms with van der Waals surface area (Å²) in [7, 11) is 1.35. The van der Waals surface area contributed by atoms with Gasteiger partial charge >= 0.3 is 5.97 Å². The first-order chi connectivity index (χ1) is 17.1. The van der Waals surface area contributed by atoms with Crippen LogP contribution in [0.3, 0.4) is 0 Å². The molecule has 1 fully saturated rings. The second kappa shape index (κ2) is 11.9. The van der Waals surface area contributed by atoms with Crippen LogP contribution in [0, 0.1) is 11.6 Å². The number of amides is 3. The molecule has 2 aromatic rings. The molecule has 0 radical (unpaired) electrons. The number of hydrogen-bond donors (Lipinski definition) is 1. The molecule has 0 spiro atoms. The molecule has 13 heteroatoms. The van der Waals surface area contributed by atoms with Gasteiger partial charge in [-0.05, 0) is 54.6 Å². The van der Waals surface area contributed by atoms with Crippen molar-refractivity contribution in [2.24, 2.45) is 0 Å². The Bertz CT molecular complexity index is 1260. The van der Waals surface area contributed by atoms with E-state index in [2.05, 4.69) is 5.32 Å². The molecule has 0 unspecified atom stereocenters. The number of benzene rings is 2. The number of imide groups is 1. The fourth-order valence-corrected chi connectivity index (χ4v) is 4.12. The van der Waals surface area contributed by atoms with Gasteiger partial charge in [0.1, 0.15) is 18.2 Å². The average Bonchev–Trinajstić information content (AvgIpc) is 3.07. The van der Waals surface area contributed by atoms with Crippen molar-refractivity contribution in [3.8, 4) is 11.5 Å². The summed E-state index contributed by atoms with van der Waals surface area (Å²) in [6.07, 6.45) is 1.37. The number of rotatable bonds is 9. The second-order valence-corrected chi connectivity index (χ2v) is 8.47. The second-order valence-electron chi connectivity index (χ2n) is 7.07. The monoisotopic (exact) mass is 540 g/mol. The number of thioether (sulfide) groups is 1. The van der Waals surface area contributed by atoms with Gasteiger partial charge in [0.05, 0.1) is 29.3 Å². The third kappa shape index (κ3) is 6.52. The van der Waals surface area contributed by atoms with Crippen molar-refractivity contribution < 1.29 is 42.2 Å². The maximum absolute atomic E-state index is 13.8. The van der Waals surface area contributed by atoms with Crippen LogP contribution in [0.5, 0.6) is 11.5 Å². The van der Waals surface area contributed by atoms with Crippen molar-refractivity contribution in [2.75, 3.05) is 32.2 Å². The van der Waals surface area contributed by atoms with Gasteiger partial charge < -0.3 is 19.5 Å². The van der Waals surface area contributed by atoms with Gasteiger partial charge in [-0.2, -0.15) is 0 Å². The molecule has 3 rings (SSSR count). The van der Waals surface area contributed by atoms with Crippen LogP contribution >= 0.6 is 23.4 Å². The molecule has 36 heavy (non-hydrogen) atoms. The molecular weight excluding hydrogens is 522 g/mol. The van der Waals surface area contributed by atoms with E-state index in [-0.39, 0.29) is 33.7 Å². The normalized spacial score (nSPS) is 14.2. The van der Waals surface area contributed by atoms with E-state index in [0.717, 1.165) is 12.1 Å². The Morgan fingerprint density at radius 3 is 2.61 bits per heavy atom. The molecule has 2 aromatic carbocycles. The lowest BCUT2D eigenvalue weighted by molar-refractivity contribution is -0.145. The Balaban J connectivity index is 1.73. The highest BCUT2D eigenvalue weighted by Gasteiger charge is 2.36. The number of esters is 1. The standard InChI is InChI=1S/C23H19ClF2N2O7S/c1-3-34-20(30)11-35-21-14(24)6-12(7-17(21)33-2)8-18-22(31)28(23(32)36-18)10-19(29)27-16-5-4-13(25)9-15(16)26/h4-9H,3,10-11H2,1-2H3,(H,27,29)/b18-8-. The molecule has 0 bridgehead atoms. The Morgan fingerprint density at radius 1 is 1.19 bits per heavy atom. The van der Waals surface area contributed by atoms with Crippen LogP contribution in [0.1, 0.15) is 12.5 Å². The minimum absolute atomic E-state index is 0.000857. The molecule has 190 valence electrons. The molecule has 0 atom stereocenters. The lowest BCUT2D eigenvalue weighted by Gasteiger charge is -2.13. The quantitative estimate of drug-likeness (QED) is 0.371. The molecule has 3 amide bonds. The number of carbonyl (C=O) groups is 4. The zero-order valence-electron chi connectivity index (χ0n) is 18.9. The molecule has 1 N–H and O–H groups in total. The van der Waals surface area contributed by atoms with Gasteiger partial charge in [0, 0.05) is 6.07 Å². The summed E-state index contributed by atoms with van der Waals surface area (Å²) in [6, 6.07) is 5.47. The van der Waals surface area contributed by atoms with Crippen molar-refractivity contribution in [3.63, 3.8) is 0 Å². The molecular formula is C23H19ClF2N2O7S. The van der Waals surface area contributed by atoms with E-state index in [4.69, 9.17) is 25.8 Å². The van der Waals surface area contributed by atoms with E-state index in [0.29, 0.717) is 28.3 Å². The number of nitrogens with one attached hydrogen (secondary N) is 1. The molecule has 1 aliphatic rings. The minimum Gasteiger partial charge on any atom is -0.493 e. The van der Waals surface area contributed by atoms with E-state index in [1.807, 2.05) is 0 Å². The first-order valence-corrected chi connectivity index (χ1v) is 11.5. The van der Waals surface area contributed by atoms with Crippen LogP contribution in [0.25, 0.3) is 6.08 Å². The SMILES string of the molecule is CCOC(=O)COc1c(Cl)cc(/C=C2\SC(=O)N(CC(=O)Nc3ccc(F)cc3F)C2=O)cc1OC. The summed E-state index contributed by atoms with van der Waals surface area (Å²) in [6.45, 7) is 0.765. The predicted molar refractivity (Wildman–Crippen MR) is 128 cm³/mol. The average molecular weight is 541 g/mol. The molecule has 0 saturated carbocycles. The van der Waals surface area contributed by atoms with E-state index >= 15 is 0 Å². The summed E-state index contributed by atoms with van der Waals surface area (Å²) >= 11 is 6.85. The summed E-state index contributed by atoms with van der Waals surface area (Å²) in [4.78, 5) is 49.6. The van der Waals surface area contributed by atoms with Crippen molar-refractivity contribution in [2.45, 2.75) is 6.92 Å². The highest BCUT2D eigenvalue weighted by atomic mass is 35.5. The number of nitrogens with zero attached hydrogens (tertiary/aromatic N) is 1. The van der Waals surface area contributed by atoms with Crippen LogP contribution in [0.4, 0.5) is 19.3 Å². The summed E-state index contributed by atoms with van der Waals surface area (Å²) in [5.41, 5.74) is 0.0829. The van der Waals surface area contributed by atoms with Crippen LogP contribution in [0.2, 0.25) is 5.02 Å². The third-order valence-electron chi connectivity index (χ3n) is 4.57. The number of methoxy groups -OCH3 is 1. The highest BCUT2D eigenvalue weighted by molar-refractivity contribution is 8.18. The molecule has 9 nitrogen and oxygen atoms in total. The summed E-state index contributed by atoms with van der Waals surface area (Å²) in [5.74, 6) is -3.77. The molecule has 0 aromatic heterocycles.